The molecule has 2 aromatic rings. The monoisotopic (exact) mass is 366 g/mol. The fourth-order valence-electron chi connectivity index (χ4n) is 3.38. The molecule has 5 nitrogen and oxygen atoms in total. The third-order valence-corrected chi connectivity index (χ3v) is 4.93. The molecule has 0 aliphatic heterocycles. The van der Waals surface area contributed by atoms with Crippen molar-refractivity contribution in [3.63, 3.8) is 0 Å². The number of carbonyl (C=O) groups is 1. The van der Waals surface area contributed by atoms with Crippen LogP contribution in [0.2, 0.25) is 0 Å². The maximum absolute atomic E-state index is 12.2. The van der Waals surface area contributed by atoms with Crippen molar-refractivity contribution in [3.05, 3.63) is 58.7 Å². The Bertz CT molecular complexity index is 859. The zero-order valence-electron chi connectivity index (χ0n) is 16.2. The molecule has 27 heavy (non-hydrogen) atoms. The molecule has 1 aliphatic carbocycles. The number of hydrazone groups is 1. The second-order valence-corrected chi connectivity index (χ2v) is 6.79. The van der Waals surface area contributed by atoms with E-state index in [-0.39, 0.29) is 12.3 Å². The summed E-state index contributed by atoms with van der Waals surface area (Å²) in [4.78, 5) is 12.2. The van der Waals surface area contributed by atoms with Gasteiger partial charge < -0.3 is 9.47 Å². The topological polar surface area (TPSA) is 59.9 Å². The summed E-state index contributed by atoms with van der Waals surface area (Å²) in [5.74, 6) is 1.08. The first-order chi connectivity index (χ1) is 13.1. The Morgan fingerprint density at radius 2 is 1.74 bits per heavy atom. The second kappa shape index (κ2) is 8.71. The van der Waals surface area contributed by atoms with E-state index in [0.717, 1.165) is 29.7 Å². The summed E-state index contributed by atoms with van der Waals surface area (Å²) in [6, 6.07) is 11.9. The maximum Gasteiger partial charge on any atom is 0.244 e. The lowest BCUT2D eigenvalue weighted by molar-refractivity contribution is -0.120. The SMILES string of the molecule is COc1ccc(CC(=O)N/N=C(\C)c2ccc3c(c2)CCCC3)cc1OC. The molecule has 142 valence electrons. The number of benzene rings is 2. The van der Waals surface area contributed by atoms with Crippen molar-refractivity contribution in [2.24, 2.45) is 5.10 Å². The molecule has 0 bridgehead atoms. The van der Waals surface area contributed by atoms with Gasteiger partial charge >= 0.3 is 0 Å². The van der Waals surface area contributed by atoms with Crippen LogP contribution in [-0.2, 0) is 24.1 Å². The molecular formula is C22H26N2O3. The van der Waals surface area contributed by atoms with E-state index in [1.54, 1.807) is 26.4 Å². The standard InChI is InChI=1S/C22H26N2O3/c1-15(18-10-9-17-6-4-5-7-19(17)14-18)23-24-22(25)13-16-8-11-20(26-2)21(12-16)27-3/h8-12,14H,4-7,13H2,1-3H3,(H,24,25)/b23-15+. The molecular weight excluding hydrogens is 340 g/mol. The Labute approximate surface area is 160 Å². The van der Waals surface area contributed by atoms with Crippen LogP contribution in [0.4, 0.5) is 0 Å². The van der Waals surface area contributed by atoms with E-state index < -0.39 is 0 Å². The molecule has 0 saturated heterocycles. The highest BCUT2D eigenvalue weighted by Gasteiger charge is 2.11. The predicted octanol–water partition coefficient (Wildman–Crippen LogP) is 3.67. The number of ether oxygens (including phenoxy) is 2. The van der Waals surface area contributed by atoms with Gasteiger partial charge in [0, 0.05) is 0 Å². The fourth-order valence-corrected chi connectivity index (χ4v) is 3.38. The first kappa shape index (κ1) is 19.0. The van der Waals surface area contributed by atoms with Crippen molar-refractivity contribution in [2.75, 3.05) is 14.2 Å². The summed E-state index contributed by atoms with van der Waals surface area (Å²) in [7, 11) is 3.16. The van der Waals surface area contributed by atoms with Crippen LogP contribution in [-0.4, -0.2) is 25.8 Å². The van der Waals surface area contributed by atoms with Gasteiger partial charge in [0.05, 0.1) is 26.4 Å². The molecule has 0 fully saturated rings. The van der Waals surface area contributed by atoms with E-state index in [0.29, 0.717) is 11.5 Å². The number of carbonyl (C=O) groups excluding carboxylic acids is 1. The second-order valence-electron chi connectivity index (χ2n) is 6.79. The van der Waals surface area contributed by atoms with Gasteiger partial charge in [0.1, 0.15) is 0 Å². The van der Waals surface area contributed by atoms with Gasteiger partial charge in [0.25, 0.3) is 0 Å². The van der Waals surface area contributed by atoms with E-state index in [4.69, 9.17) is 9.47 Å². The lowest BCUT2D eigenvalue weighted by atomic mass is 9.90. The van der Waals surface area contributed by atoms with Crippen LogP contribution in [0.1, 0.15) is 42.0 Å². The third-order valence-electron chi connectivity index (χ3n) is 4.93. The number of aryl methyl sites for hydroxylation is 2. The van der Waals surface area contributed by atoms with E-state index in [1.807, 2.05) is 13.0 Å². The normalized spacial score (nSPS) is 13.7. The molecule has 2 aromatic carbocycles. The summed E-state index contributed by atoms with van der Waals surface area (Å²) < 4.78 is 10.5. The molecule has 5 heteroatoms. The Morgan fingerprint density at radius 3 is 2.48 bits per heavy atom. The van der Waals surface area contributed by atoms with Gasteiger partial charge in [-0.15, -0.1) is 0 Å². The van der Waals surface area contributed by atoms with Crippen LogP contribution in [0, 0.1) is 0 Å². The van der Waals surface area contributed by atoms with Crippen molar-refractivity contribution in [2.45, 2.75) is 39.0 Å². The van der Waals surface area contributed by atoms with Crippen LogP contribution in [0.25, 0.3) is 0 Å². The molecule has 0 saturated carbocycles. The summed E-state index contributed by atoms with van der Waals surface area (Å²) in [5.41, 5.74) is 8.21. The number of amides is 1. The Hall–Kier alpha value is -2.82. The number of hydrogen-bond acceptors (Lipinski definition) is 4. The molecule has 1 amide bonds. The van der Waals surface area contributed by atoms with Crippen LogP contribution in [0.5, 0.6) is 11.5 Å². The Balaban J connectivity index is 1.64. The molecule has 0 atom stereocenters. The molecule has 1 aliphatic rings. The zero-order chi connectivity index (χ0) is 19.2. The number of fused-ring (bicyclic) bond motifs is 1. The Kier molecular flexibility index (Phi) is 6.12. The summed E-state index contributed by atoms with van der Waals surface area (Å²) in [6.07, 6.45) is 5.03. The van der Waals surface area contributed by atoms with E-state index in [9.17, 15) is 4.79 Å². The largest absolute Gasteiger partial charge is 0.493 e. The number of rotatable bonds is 6. The van der Waals surface area contributed by atoms with Gasteiger partial charge in [-0.3, -0.25) is 4.79 Å². The van der Waals surface area contributed by atoms with Gasteiger partial charge in [-0.05, 0) is 73.1 Å². The highest BCUT2D eigenvalue weighted by molar-refractivity contribution is 5.99. The lowest BCUT2D eigenvalue weighted by Gasteiger charge is -2.16. The lowest BCUT2D eigenvalue weighted by Crippen LogP contribution is -2.21. The van der Waals surface area contributed by atoms with E-state index in [1.165, 1.54) is 24.0 Å². The summed E-state index contributed by atoms with van der Waals surface area (Å²) in [5, 5.41) is 4.28. The van der Waals surface area contributed by atoms with Gasteiger partial charge in [-0.1, -0.05) is 18.2 Å². The first-order valence-corrected chi connectivity index (χ1v) is 9.27. The molecule has 3 rings (SSSR count). The van der Waals surface area contributed by atoms with Crippen molar-refractivity contribution >= 4 is 11.6 Å². The number of nitrogens with one attached hydrogen (secondary N) is 1. The first-order valence-electron chi connectivity index (χ1n) is 9.27. The van der Waals surface area contributed by atoms with E-state index in [2.05, 4.69) is 28.7 Å². The summed E-state index contributed by atoms with van der Waals surface area (Å²) >= 11 is 0. The minimum absolute atomic E-state index is 0.167. The minimum Gasteiger partial charge on any atom is -0.493 e. The van der Waals surface area contributed by atoms with Crippen molar-refractivity contribution in [1.82, 2.24) is 5.43 Å². The van der Waals surface area contributed by atoms with Crippen LogP contribution in [0.3, 0.4) is 0 Å². The average Bonchev–Trinajstić information content (AvgIpc) is 2.71. The highest BCUT2D eigenvalue weighted by atomic mass is 16.5. The highest BCUT2D eigenvalue weighted by Crippen LogP contribution is 2.27. The predicted molar refractivity (Wildman–Crippen MR) is 107 cm³/mol. The van der Waals surface area contributed by atoms with Crippen LogP contribution in [0.15, 0.2) is 41.5 Å². The third kappa shape index (κ3) is 4.67. The minimum atomic E-state index is -0.167. The summed E-state index contributed by atoms with van der Waals surface area (Å²) in [6.45, 7) is 1.92. The van der Waals surface area contributed by atoms with Crippen molar-refractivity contribution in [3.8, 4) is 11.5 Å². The fraction of sp³-hybridized carbons (Fsp3) is 0.364. The Morgan fingerprint density at radius 1 is 1.00 bits per heavy atom. The van der Waals surface area contributed by atoms with Crippen LogP contribution < -0.4 is 14.9 Å². The van der Waals surface area contributed by atoms with Crippen molar-refractivity contribution < 1.29 is 14.3 Å². The molecule has 0 heterocycles. The van der Waals surface area contributed by atoms with Gasteiger partial charge in [-0.25, -0.2) is 5.43 Å². The zero-order valence-corrected chi connectivity index (χ0v) is 16.2. The number of hydrogen-bond donors (Lipinski definition) is 1. The molecule has 0 unspecified atom stereocenters. The van der Waals surface area contributed by atoms with E-state index >= 15 is 0 Å². The number of methoxy groups -OCH3 is 2. The quantitative estimate of drug-likeness (QED) is 0.627. The molecule has 0 aromatic heterocycles. The van der Waals surface area contributed by atoms with Crippen molar-refractivity contribution in [1.29, 1.82) is 0 Å². The van der Waals surface area contributed by atoms with Gasteiger partial charge in [0.15, 0.2) is 11.5 Å². The average molecular weight is 366 g/mol. The maximum atomic E-state index is 12.2. The molecule has 1 N–H and O–H groups in total. The van der Waals surface area contributed by atoms with Gasteiger partial charge in [0.2, 0.25) is 5.91 Å². The van der Waals surface area contributed by atoms with Crippen LogP contribution >= 0.6 is 0 Å². The molecule has 0 spiro atoms. The van der Waals surface area contributed by atoms with Gasteiger partial charge in [-0.2, -0.15) is 5.10 Å². The smallest absolute Gasteiger partial charge is 0.244 e. The number of nitrogens with zero attached hydrogens (tertiary/aromatic N) is 1. The molecule has 0 radical (unpaired) electrons.